The van der Waals surface area contributed by atoms with Crippen molar-refractivity contribution in [1.29, 1.82) is 0 Å². The van der Waals surface area contributed by atoms with Crippen molar-refractivity contribution in [2.24, 2.45) is 0 Å². The van der Waals surface area contributed by atoms with Crippen LogP contribution in [0, 0.1) is 3.70 Å². The first-order valence-electron chi connectivity index (χ1n) is 7.01. The highest BCUT2D eigenvalue weighted by Gasteiger charge is 2.32. The van der Waals surface area contributed by atoms with Crippen LogP contribution in [0.1, 0.15) is 11.1 Å². The van der Waals surface area contributed by atoms with Crippen LogP contribution in [0.2, 0.25) is 0 Å². The topological polar surface area (TPSA) is 30.7 Å². The Hall–Kier alpha value is -2.11. The van der Waals surface area contributed by atoms with Crippen LogP contribution < -0.4 is 0 Å². The van der Waals surface area contributed by atoms with Gasteiger partial charge in [-0.05, 0) is 46.9 Å². The number of imidazole rings is 1. The number of halogens is 7. The van der Waals surface area contributed by atoms with Crippen LogP contribution in [0.3, 0.4) is 0 Å². The van der Waals surface area contributed by atoms with Crippen molar-refractivity contribution >= 4 is 22.6 Å². The van der Waals surface area contributed by atoms with E-state index in [4.69, 9.17) is 0 Å². The summed E-state index contributed by atoms with van der Waals surface area (Å²) in [5.41, 5.74) is -1.80. The number of aromatic nitrogens is 3. The summed E-state index contributed by atoms with van der Waals surface area (Å²) in [6, 6.07) is 5.44. The number of hydrogen-bond acceptors (Lipinski definition) is 2. The van der Waals surface area contributed by atoms with Crippen LogP contribution >= 0.6 is 22.6 Å². The van der Waals surface area contributed by atoms with Gasteiger partial charge in [0.2, 0.25) is 0 Å². The fourth-order valence-corrected chi connectivity index (χ4v) is 2.64. The fourth-order valence-electron chi connectivity index (χ4n) is 2.21. The van der Waals surface area contributed by atoms with Gasteiger partial charge in [0.25, 0.3) is 0 Å². The Labute approximate surface area is 156 Å². The second-order valence-electron chi connectivity index (χ2n) is 5.28. The quantitative estimate of drug-likeness (QED) is 0.352. The van der Waals surface area contributed by atoms with Gasteiger partial charge in [-0.3, -0.25) is 4.57 Å². The first-order valence-corrected chi connectivity index (χ1v) is 8.09. The molecule has 0 aliphatic rings. The highest BCUT2D eigenvalue weighted by molar-refractivity contribution is 14.1. The SMILES string of the molecule is FC(F)(F)c1ccc(-c2cc(C(F)(F)F)cc(-n3cnc(I)c3)n2)cc1. The maximum Gasteiger partial charge on any atom is 0.416 e. The monoisotopic (exact) mass is 483 g/mol. The Morgan fingerprint density at radius 1 is 0.846 bits per heavy atom. The van der Waals surface area contributed by atoms with Crippen LogP contribution in [0.25, 0.3) is 17.1 Å². The van der Waals surface area contributed by atoms with Gasteiger partial charge in [-0.15, -0.1) is 0 Å². The Balaban J connectivity index is 2.11. The number of alkyl halides is 6. The summed E-state index contributed by atoms with van der Waals surface area (Å²) in [5, 5.41) is 0. The third-order valence-electron chi connectivity index (χ3n) is 3.46. The van der Waals surface area contributed by atoms with E-state index >= 15 is 0 Å². The number of pyridine rings is 1. The lowest BCUT2D eigenvalue weighted by Gasteiger charge is -2.13. The Bertz CT molecular complexity index is 928. The lowest BCUT2D eigenvalue weighted by molar-refractivity contribution is -0.138. The molecule has 3 nitrogen and oxygen atoms in total. The molecule has 0 N–H and O–H groups in total. The summed E-state index contributed by atoms with van der Waals surface area (Å²) in [7, 11) is 0. The molecule has 3 rings (SSSR count). The Kier molecular flexibility index (Phi) is 4.71. The predicted octanol–water partition coefficient (Wildman–Crippen LogP) is 5.58. The van der Waals surface area contributed by atoms with E-state index in [0.29, 0.717) is 3.70 Å². The third-order valence-corrected chi connectivity index (χ3v) is 4.02. The molecule has 0 saturated carbocycles. The molecule has 26 heavy (non-hydrogen) atoms. The summed E-state index contributed by atoms with van der Waals surface area (Å²) < 4.78 is 79.4. The molecule has 0 fully saturated rings. The van der Waals surface area contributed by atoms with Gasteiger partial charge in [-0.1, -0.05) is 12.1 Å². The van der Waals surface area contributed by atoms with Crippen molar-refractivity contribution in [2.45, 2.75) is 12.4 Å². The Morgan fingerprint density at radius 2 is 1.46 bits per heavy atom. The molecule has 0 unspecified atom stereocenters. The maximum absolute atomic E-state index is 13.2. The minimum Gasteiger partial charge on any atom is -0.289 e. The van der Waals surface area contributed by atoms with Crippen molar-refractivity contribution in [3.05, 3.63) is 63.7 Å². The molecule has 0 radical (unpaired) electrons. The third kappa shape index (κ3) is 4.00. The molecular formula is C16H8F6IN3. The molecule has 2 heterocycles. The minimum absolute atomic E-state index is 0.0369. The molecule has 0 saturated heterocycles. The summed E-state index contributed by atoms with van der Waals surface area (Å²) in [4.78, 5) is 8.06. The summed E-state index contributed by atoms with van der Waals surface area (Å²) in [5.74, 6) is -0.0369. The van der Waals surface area contributed by atoms with E-state index in [2.05, 4.69) is 9.97 Å². The molecule has 10 heteroatoms. The van der Waals surface area contributed by atoms with Crippen molar-refractivity contribution in [2.75, 3.05) is 0 Å². The van der Waals surface area contributed by atoms with E-state index in [1.807, 2.05) is 22.6 Å². The van der Waals surface area contributed by atoms with Crippen LogP contribution in [0.15, 0.2) is 48.9 Å². The van der Waals surface area contributed by atoms with Gasteiger partial charge in [-0.2, -0.15) is 26.3 Å². The number of hydrogen-bond donors (Lipinski definition) is 0. The minimum atomic E-state index is -4.63. The maximum atomic E-state index is 13.2. The van der Waals surface area contributed by atoms with Gasteiger partial charge < -0.3 is 0 Å². The summed E-state index contributed by atoms with van der Waals surface area (Å²) in [6.07, 6.45) is -6.37. The van der Waals surface area contributed by atoms with Crippen LogP contribution in [0.4, 0.5) is 26.3 Å². The summed E-state index contributed by atoms with van der Waals surface area (Å²) in [6.45, 7) is 0. The van der Waals surface area contributed by atoms with E-state index in [0.717, 1.165) is 36.4 Å². The molecule has 2 aromatic heterocycles. The second-order valence-corrected chi connectivity index (χ2v) is 6.38. The van der Waals surface area contributed by atoms with E-state index in [1.54, 1.807) is 0 Å². The van der Waals surface area contributed by atoms with E-state index in [1.165, 1.54) is 17.1 Å². The van der Waals surface area contributed by atoms with Crippen LogP contribution in [-0.2, 0) is 12.4 Å². The predicted molar refractivity (Wildman–Crippen MR) is 89.5 cm³/mol. The molecule has 3 aromatic rings. The molecular weight excluding hydrogens is 475 g/mol. The van der Waals surface area contributed by atoms with Crippen molar-refractivity contribution < 1.29 is 26.3 Å². The molecule has 0 bridgehead atoms. The zero-order valence-electron chi connectivity index (χ0n) is 12.6. The van der Waals surface area contributed by atoms with Gasteiger partial charge >= 0.3 is 12.4 Å². The Morgan fingerprint density at radius 3 is 1.96 bits per heavy atom. The lowest BCUT2D eigenvalue weighted by Crippen LogP contribution is -2.08. The van der Waals surface area contributed by atoms with E-state index in [9.17, 15) is 26.3 Å². The van der Waals surface area contributed by atoms with Crippen molar-refractivity contribution in [1.82, 2.24) is 14.5 Å². The van der Waals surface area contributed by atoms with Crippen LogP contribution in [-0.4, -0.2) is 14.5 Å². The first kappa shape index (κ1) is 18.7. The average Bonchev–Trinajstić information content (AvgIpc) is 2.99. The number of rotatable bonds is 2. The van der Waals surface area contributed by atoms with E-state index in [-0.39, 0.29) is 17.1 Å². The molecule has 0 spiro atoms. The molecule has 1 aromatic carbocycles. The standard InChI is InChI=1S/C16H8F6IN3/c17-15(18,19)10-3-1-9(2-4-10)12-5-11(16(20,21)22)6-14(25-12)26-7-13(23)24-8-26/h1-8H. The largest absolute Gasteiger partial charge is 0.416 e. The fraction of sp³-hybridized carbons (Fsp3) is 0.125. The normalized spacial score (nSPS) is 12.4. The van der Waals surface area contributed by atoms with E-state index < -0.39 is 23.5 Å². The molecule has 0 amide bonds. The van der Waals surface area contributed by atoms with Gasteiger partial charge in [0.05, 0.1) is 16.8 Å². The van der Waals surface area contributed by atoms with Crippen molar-refractivity contribution in [3.8, 4) is 17.1 Å². The summed E-state index contributed by atoms with van der Waals surface area (Å²) >= 11 is 1.89. The van der Waals surface area contributed by atoms with Crippen molar-refractivity contribution in [3.63, 3.8) is 0 Å². The lowest BCUT2D eigenvalue weighted by atomic mass is 10.1. The van der Waals surface area contributed by atoms with Gasteiger partial charge in [0.1, 0.15) is 15.8 Å². The zero-order valence-corrected chi connectivity index (χ0v) is 14.8. The highest BCUT2D eigenvalue weighted by Crippen LogP contribution is 2.34. The van der Waals surface area contributed by atoms with Gasteiger partial charge in [0.15, 0.2) is 0 Å². The number of benzene rings is 1. The molecule has 136 valence electrons. The first-order chi connectivity index (χ1) is 12.0. The molecule has 0 aliphatic heterocycles. The van der Waals surface area contributed by atoms with Crippen LogP contribution in [0.5, 0.6) is 0 Å². The highest BCUT2D eigenvalue weighted by atomic mass is 127. The second kappa shape index (κ2) is 6.56. The smallest absolute Gasteiger partial charge is 0.289 e. The number of nitrogens with zero attached hydrogens (tertiary/aromatic N) is 3. The van der Waals surface area contributed by atoms with Gasteiger partial charge in [-0.25, -0.2) is 9.97 Å². The van der Waals surface area contributed by atoms with Gasteiger partial charge in [0, 0.05) is 11.8 Å². The molecule has 0 atom stereocenters. The molecule has 0 aliphatic carbocycles. The zero-order chi connectivity index (χ0) is 19.1. The average molecular weight is 483 g/mol.